The Morgan fingerprint density at radius 1 is 1.11 bits per heavy atom. The SMILES string of the molecule is O=C(CCn1c(=O)oc2ccccc21)O[C@@H](C(=O)NC1CC1)c1ccccc1. The van der Waals surface area contributed by atoms with Gasteiger partial charge in [0.05, 0.1) is 11.9 Å². The molecule has 0 unspecified atom stereocenters. The molecule has 1 fully saturated rings. The zero-order valence-corrected chi connectivity index (χ0v) is 15.2. The predicted molar refractivity (Wildman–Crippen MR) is 102 cm³/mol. The van der Waals surface area contributed by atoms with Crippen molar-refractivity contribution in [2.45, 2.75) is 38.0 Å². The maximum Gasteiger partial charge on any atom is 0.419 e. The van der Waals surface area contributed by atoms with Crippen molar-refractivity contribution in [1.82, 2.24) is 9.88 Å². The number of nitrogens with one attached hydrogen (secondary N) is 1. The number of ether oxygens (including phenoxy) is 1. The minimum Gasteiger partial charge on any atom is -0.447 e. The molecule has 28 heavy (non-hydrogen) atoms. The number of oxazole rings is 1. The summed E-state index contributed by atoms with van der Waals surface area (Å²) in [4.78, 5) is 37.0. The molecule has 144 valence electrons. The third-order valence-corrected chi connectivity index (χ3v) is 4.63. The molecule has 0 saturated heterocycles. The van der Waals surface area contributed by atoms with E-state index in [9.17, 15) is 14.4 Å². The van der Waals surface area contributed by atoms with Crippen LogP contribution in [-0.4, -0.2) is 22.5 Å². The number of amides is 1. The van der Waals surface area contributed by atoms with E-state index in [4.69, 9.17) is 9.15 Å². The maximum atomic E-state index is 12.5. The summed E-state index contributed by atoms with van der Waals surface area (Å²) in [5.74, 6) is -1.41. The van der Waals surface area contributed by atoms with Crippen LogP contribution in [0.3, 0.4) is 0 Å². The van der Waals surface area contributed by atoms with Gasteiger partial charge in [0.15, 0.2) is 5.58 Å². The number of fused-ring (bicyclic) bond motifs is 1. The molecular weight excluding hydrogens is 360 g/mol. The number of esters is 1. The Morgan fingerprint density at radius 2 is 1.82 bits per heavy atom. The van der Waals surface area contributed by atoms with E-state index < -0.39 is 17.8 Å². The van der Waals surface area contributed by atoms with E-state index in [1.165, 1.54) is 4.57 Å². The van der Waals surface area contributed by atoms with Crippen molar-refractivity contribution in [1.29, 1.82) is 0 Å². The van der Waals surface area contributed by atoms with Crippen molar-refractivity contribution in [3.63, 3.8) is 0 Å². The van der Waals surface area contributed by atoms with Gasteiger partial charge >= 0.3 is 11.7 Å². The van der Waals surface area contributed by atoms with Crippen molar-refractivity contribution in [2.24, 2.45) is 0 Å². The first kappa shape index (κ1) is 18.0. The first-order chi connectivity index (χ1) is 13.6. The van der Waals surface area contributed by atoms with E-state index in [0.29, 0.717) is 16.7 Å². The largest absolute Gasteiger partial charge is 0.447 e. The first-order valence-corrected chi connectivity index (χ1v) is 9.25. The number of nitrogens with zero attached hydrogens (tertiary/aromatic N) is 1. The smallest absolute Gasteiger partial charge is 0.419 e. The standard InChI is InChI=1S/C21H20N2O5/c24-18(12-13-23-16-8-4-5-9-17(16)27-21(23)26)28-19(14-6-2-1-3-7-14)20(25)22-15-10-11-15/h1-9,15,19H,10-13H2,(H,22,25)/t19-/m1/s1. The summed E-state index contributed by atoms with van der Waals surface area (Å²) in [7, 11) is 0. The normalized spacial score (nSPS) is 14.6. The van der Waals surface area contributed by atoms with Crippen LogP contribution in [0.1, 0.15) is 30.9 Å². The molecule has 1 atom stereocenters. The number of carbonyl (C=O) groups excluding carboxylic acids is 2. The topological polar surface area (TPSA) is 90.5 Å². The first-order valence-electron chi connectivity index (χ1n) is 9.25. The fourth-order valence-corrected chi connectivity index (χ4v) is 3.02. The molecule has 0 radical (unpaired) electrons. The van der Waals surface area contributed by atoms with Gasteiger partial charge in [0, 0.05) is 18.2 Å². The van der Waals surface area contributed by atoms with Gasteiger partial charge < -0.3 is 14.5 Å². The fourth-order valence-electron chi connectivity index (χ4n) is 3.02. The highest BCUT2D eigenvalue weighted by Crippen LogP contribution is 2.23. The quantitative estimate of drug-likeness (QED) is 0.636. The Labute approximate surface area is 160 Å². The molecule has 0 bridgehead atoms. The lowest BCUT2D eigenvalue weighted by molar-refractivity contribution is -0.156. The highest BCUT2D eigenvalue weighted by molar-refractivity contribution is 5.85. The molecule has 1 aliphatic carbocycles. The van der Waals surface area contributed by atoms with E-state index >= 15 is 0 Å². The molecule has 7 nitrogen and oxygen atoms in total. The van der Waals surface area contributed by atoms with Gasteiger partial charge in [-0.3, -0.25) is 14.2 Å². The van der Waals surface area contributed by atoms with Gasteiger partial charge in [0.2, 0.25) is 6.10 Å². The Hall–Kier alpha value is -3.35. The van der Waals surface area contributed by atoms with Gasteiger partial charge in [-0.05, 0) is 25.0 Å². The zero-order chi connectivity index (χ0) is 19.5. The fraction of sp³-hybridized carbons (Fsp3) is 0.286. The van der Waals surface area contributed by atoms with E-state index in [1.807, 2.05) is 6.07 Å². The van der Waals surface area contributed by atoms with Crippen molar-refractivity contribution in [3.05, 3.63) is 70.7 Å². The average Bonchev–Trinajstić information content (AvgIpc) is 3.46. The Bertz CT molecular complexity index is 1050. The molecule has 1 saturated carbocycles. The van der Waals surface area contributed by atoms with Crippen molar-refractivity contribution in [3.8, 4) is 0 Å². The highest BCUT2D eigenvalue weighted by Gasteiger charge is 2.30. The van der Waals surface area contributed by atoms with Gasteiger partial charge in [0.25, 0.3) is 5.91 Å². The number of benzene rings is 2. The number of hydrogen-bond acceptors (Lipinski definition) is 5. The average molecular weight is 380 g/mol. The summed E-state index contributed by atoms with van der Waals surface area (Å²) in [6, 6.07) is 16.1. The molecule has 0 aliphatic heterocycles. The van der Waals surface area contributed by atoms with Crippen LogP contribution in [0.25, 0.3) is 11.1 Å². The van der Waals surface area contributed by atoms with Crippen LogP contribution in [0.5, 0.6) is 0 Å². The summed E-state index contributed by atoms with van der Waals surface area (Å²) in [6.07, 6.45) is 0.825. The third-order valence-electron chi connectivity index (χ3n) is 4.63. The van der Waals surface area contributed by atoms with Crippen LogP contribution < -0.4 is 11.1 Å². The van der Waals surface area contributed by atoms with Crippen LogP contribution in [0.4, 0.5) is 0 Å². The molecule has 1 N–H and O–H groups in total. The van der Waals surface area contributed by atoms with Crippen LogP contribution in [0.2, 0.25) is 0 Å². The minimum absolute atomic E-state index is 0.0521. The van der Waals surface area contributed by atoms with Crippen molar-refractivity contribution >= 4 is 23.0 Å². The summed E-state index contributed by atoms with van der Waals surface area (Å²) < 4.78 is 12.0. The predicted octanol–water partition coefficient (Wildman–Crippen LogP) is 2.55. The van der Waals surface area contributed by atoms with Gasteiger partial charge in [-0.25, -0.2) is 4.79 Å². The monoisotopic (exact) mass is 380 g/mol. The third kappa shape index (κ3) is 3.98. The number of rotatable bonds is 7. The van der Waals surface area contributed by atoms with Crippen molar-refractivity contribution in [2.75, 3.05) is 0 Å². The van der Waals surface area contributed by atoms with Crippen LogP contribution >= 0.6 is 0 Å². The number of aromatic nitrogens is 1. The van der Waals surface area contributed by atoms with Crippen LogP contribution in [0.15, 0.2) is 63.8 Å². The second-order valence-corrected chi connectivity index (χ2v) is 6.80. The molecule has 1 aromatic heterocycles. The lowest BCUT2D eigenvalue weighted by atomic mass is 10.1. The molecule has 4 rings (SSSR count). The van der Waals surface area contributed by atoms with E-state index in [2.05, 4.69) is 5.32 Å². The molecule has 2 aromatic carbocycles. The Morgan fingerprint density at radius 3 is 2.57 bits per heavy atom. The molecule has 7 heteroatoms. The second-order valence-electron chi connectivity index (χ2n) is 6.80. The molecule has 0 spiro atoms. The second kappa shape index (κ2) is 7.72. The summed E-state index contributed by atoms with van der Waals surface area (Å²) in [6.45, 7) is 0.112. The van der Waals surface area contributed by atoms with E-state index in [1.54, 1.807) is 48.5 Å². The lowest BCUT2D eigenvalue weighted by Crippen LogP contribution is -2.33. The highest BCUT2D eigenvalue weighted by atomic mass is 16.5. The Balaban J connectivity index is 1.46. The summed E-state index contributed by atoms with van der Waals surface area (Å²) in [5, 5.41) is 2.87. The van der Waals surface area contributed by atoms with Crippen LogP contribution in [0, 0.1) is 0 Å². The maximum absolute atomic E-state index is 12.5. The number of aryl methyl sites for hydroxylation is 1. The molecule has 1 amide bonds. The van der Waals surface area contributed by atoms with Gasteiger partial charge in [0.1, 0.15) is 0 Å². The summed E-state index contributed by atoms with van der Waals surface area (Å²) >= 11 is 0. The Kier molecular flexibility index (Phi) is 4.97. The molecule has 3 aromatic rings. The molecule has 1 heterocycles. The summed E-state index contributed by atoms with van der Waals surface area (Å²) in [5.41, 5.74) is 1.69. The van der Waals surface area contributed by atoms with Crippen LogP contribution in [-0.2, 0) is 20.9 Å². The number of para-hydroxylation sites is 2. The molecule has 1 aliphatic rings. The van der Waals surface area contributed by atoms with Gasteiger partial charge in [-0.15, -0.1) is 0 Å². The number of hydrogen-bond donors (Lipinski definition) is 1. The van der Waals surface area contributed by atoms with Crippen molar-refractivity contribution < 1.29 is 18.7 Å². The van der Waals surface area contributed by atoms with E-state index in [-0.39, 0.29) is 24.9 Å². The lowest BCUT2D eigenvalue weighted by Gasteiger charge is -2.18. The molecular formula is C21H20N2O5. The van der Waals surface area contributed by atoms with Gasteiger partial charge in [-0.1, -0.05) is 42.5 Å². The van der Waals surface area contributed by atoms with Gasteiger partial charge in [-0.2, -0.15) is 0 Å². The minimum atomic E-state index is -1.01. The zero-order valence-electron chi connectivity index (χ0n) is 15.2. The number of carbonyl (C=O) groups is 2. The van der Waals surface area contributed by atoms with E-state index in [0.717, 1.165) is 12.8 Å².